The van der Waals surface area contributed by atoms with Crippen molar-refractivity contribution in [3.05, 3.63) is 0 Å². The van der Waals surface area contributed by atoms with Crippen LogP contribution >= 0.6 is 0 Å². The van der Waals surface area contributed by atoms with Gasteiger partial charge in [-0.1, -0.05) is 0 Å². The molecule has 0 saturated heterocycles. The largest absolute Gasteiger partial charge is 2.00 e. The molecule has 0 heterocycles. The molecule has 0 aromatic rings. The zero-order valence-corrected chi connectivity index (χ0v) is 34.9. The first-order valence-electron chi connectivity index (χ1n) is 4.90. The van der Waals surface area contributed by atoms with E-state index < -0.39 is 73.4 Å². The molecule has 0 aromatic carbocycles. The third-order valence-electron chi connectivity index (χ3n) is 0. The van der Waals surface area contributed by atoms with E-state index in [1.54, 1.807) is 0 Å². The Morgan fingerprint density at radius 1 is 0.231 bits per heavy atom. The minimum atomic E-state index is -3.63. The molecule has 24 nitrogen and oxygen atoms in total. The van der Waals surface area contributed by atoms with E-state index in [1.807, 2.05) is 0 Å². The number of hydrogen-bond donors (Lipinski definition) is 0. The van der Waals surface area contributed by atoms with E-state index in [0.717, 1.165) is 0 Å². The van der Waals surface area contributed by atoms with E-state index in [4.69, 9.17) is 112 Å². The summed E-state index contributed by atoms with van der Waals surface area (Å²) < 4.78 is 68.1. The van der Waals surface area contributed by atoms with Gasteiger partial charge < -0.3 is 112 Å². The Labute approximate surface area is 344 Å². The van der Waals surface area contributed by atoms with Gasteiger partial charge in [0.15, 0.2) is 0 Å². The molecule has 0 fully saturated rings. The summed E-state index contributed by atoms with van der Waals surface area (Å²) in [4.78, 5) is 136. The summed E-state index contributed by atoms with van der Waals surface area (Å²) in [5.41, 5.74) is 0. The minimum absolute atomic E-state index is 0. The average molecular weight is 970 g/mol. The molecule has 0 unspecified atom stereocenters. The van der Waals surface area contributed by atoms with Crippen LogP contribution in [0.4, 0.5) is 0 Å². The van der Waals surface area contributed by atoms with Crippen LogP contribution in [0.3, 0.4) is 0 Å². The number of hydrogen-bond acceptors (Lipinski definition) is 24. The normalized spacial score (nSPS) is 4.92. The van der Waals surface area contributed by atoms with Crippen LogP contribution in [-0.2, 0) is 121 Å². The Morgan fingerprint density at radius 3 is 0.231 bits per heavy atom. The van der Waals surface area contributed by atoms with Gasteiger partial charge in [0.1, 0.15) is 0 Å². The molecule has 222 valence electrons. The molecule has 0 aliphatic heterocycles. The molecular formula is H2Ca2Fe5O24Si8. The van der Waals surface area contributed by atoms with Crippen LogP contribution in [0.5, 0.6) is 0 Å². The maximum atomic E-state index is 8.52. The Bertz CT molecular complexity index is 398. The van der Waals surface area contributed by atoms with Crippen LogP contribution in [-0.4, -0.2) is 149 Å². The molecule has 0 aliphatic rings. The van der Waals surface area contributed by atoms with Crippen molar-refractivity contribution in [3.63, 3.8) is 0 Å². The molecule has 39 heteroatoms. The minimum Gasteiger partial charge on any atom is -0.672 e. The molecule has 0 bridgehead atoms. The predicted molar refractivity (Wildman–Crippen MR) is 65.3 cm³/mol. The molecule has 0 radical (unpaired) electrons. The van der Waals surface area contributed by atoms with Gasteiger partial charge in [-0.25, -0.2) is 0 Å². The second kappa shape index (κ2) is 90.0. The first kappa shape index (κ1) is 97.0. The van der Waals surface area contributed by atoms with Gasteiger partial charge in [0.25, 0.3) is 0 Å². The van der Waals surface area contributed by atoms with Gasteiger partial charge in [0, 0.05) is 73.4 Å². The second-order valence-electron chi connectivity index (χ2n) is 2.00. The molecule has 0 rings (SSSR count). The van der Waals surface area contributed by atoms with Crippen molar-refractivity contribution in [1.29, 1.82) is 0 Å². The Hall–Kier alpha value is 2.05. The fourth-order valence-electron chi connectivity index (χ4n) is 0. The van der Waals surface area contributed by atoms with Crippen molar-refractivity contribution < 1.29 is 201 Å². The third-order valence-corrected chi connectivity index (χ3v) is 0. The van der Waals surface area contributed by atoms with Crippen molar-refractivity contribution >= 4 is 149 Å². The smallest absolute Gasteiger partial charge is 0.672 e. The van der Waals surface area contributed by atoms with Gasteiger partial charge in [-0.05, 0) is 0 Å². The van der Waals surface area contributed by atoms with E-state index in [9.17, 15) is 0 Å². The molecule has 0 atom stereocenters. The first-order chi connectivity index (χ1) is 13.9. The Balaban J connectivity index is -0.0000000104. The fourth-order valence-corrected chi connectivity index (χ4v) is 0. The van der Waals surface area contributed by atoms with Gasteiger partial charge in [0.05, 0.1) is 0 Å². The maximum Gasteiger partial charge on any atom is 2.00 e. The summed E-state index contributed by atoms with van der Waals surface area (Å²) in [6.07, 6.45) is 0. The Kier molecular flexibility index (Phi) is 224. The molecule has 39 heavy (non-hydrogen) atoms. The summed E-state index contributed by atoms with van der Waals surface area (Å²) in [5.74, 6) is 0. The fraction of sp³-hybridized carbons (Fsp3) is 0. The van der Waals surface area contributed by atoms with Crippen molar-refractivity contribution in [2.75, 3.05) is 0 Å². The molecule has 0 aliphatic carbocycles. The molecule has 0 amide bonds. The predicted octanol–water partition coefficient (Wildman–Crippen LogP) is -23.6. The van der Waals surface area contributed by atoms with E-state index in [2.05, 4.69) is 0 Å². The van der Waals surface area contributed by atoms with E-state index in [1.165, 1.54) is 0 Å². The van der Waals surface area contributed by atoms with E-state index >= 15 is 0 Å². The zero-order chi connectivity index (χ0) is 28.6. The number of rotatable bonds is 0. The monoisotopic (exact) mass is 969 g/mol. The molecule has 0 aromatic heterocycles. The van der Waals surface area contributed by atoms with Crippen LogP contribution < -0.4 is 76.7 Å². The summed E-state index contributed by atoms with van der Waals surface area (Å²) in [7, 11) is -29.0. The quantitative estimate of drug-likeness (QED) is 0.203. The van der Waals surface area contributed by atoms with Crippen molar-refractivity contribution in [2.24, 2.45) is 0 Å². The molecule has 0 N–H and O–H groups in total. The summed E-state index contributed by atoms with van der Waals surface area (Å²) in [6.45, 7) is 0. The summed E-state index contributed by atoms with van der Waals surface area (Å²) >= 11 is 0. The van der Waals surface area contributed by atoms with Crippen LogP contribution in [0.15, 0.2) is 0 Å². The standard InChI is InChI=1S/2Ca.5Fe.8O3Si/c;;;;;;;8*1-4(2)3/q7*+2;8*-2/p+2. The van der Waals surface area contributed by atoms with E-state index in [0.29, 0.717) is 0 Å². The summed E-state index contributed by atoms with van der Waals surface area (Å²) in [5, 5.41) is 0. The van der Waals surface area contributed by atoms with Crippen LogP contribution in [0.1, 0.15) is 2.85 Å². The van der Waals surface area contributed by atoms with Crippen LogP contribution in [0, 0.1) is 0 Å². The maximum absolute atomic E-state index is 8.52. The van der Waals surface area contributed by atoms with Gasteiger partial charge in [-0.3, -0.25) is 0 Å². The topological polar surface area (TPSA) is 506 Å². The SMILES string of the molecule is O=[Si]([O-])[O-].O=[Si]([O-])[O-].O=[Si]([O-])[O-].O=[Si]([O-])[O-].O=[Si]([O-])[O-].O=[Si]([O-])[O-].O=[Si]([O-])[O-].O=[Si]([O-])[O-].[Ca+2].[Ca+2].[Fe+2].[Fe+2].[Fe+2].[Fe+2].[Fe+2].[H+].[H+]. The van der Waals surface area contributed by atoms with Crippen LogP contribution in [0.25, 0.3) is 0 Å². The van der Waals surface area contributed by atoms with Crippen LogP contribution in [0.2, 0.25) is 0 Å². The van der Waals surface area contributed by atoms with Gasteiger partial charge in [-0.2, -0.15) is 0 Å². The molecule has 0 saturated carbocycles. The van der Waals surface area contributed by atoms with Gasteiger partial charge in [-0.15, -0.1) is 0 Å². The third kappa shape index (κ3) is 13800. The van der Waals surface area contributed by atoms with Gasteiger partial charge >= 0.3 is 164 Å². The molecular weight excluding hydrogens is 968 g/mol. The summed E-state index contributed by atoms with van der Waals surface area (Å²) in [6, 6.07) is 0. The second-order valence-corrected chi connectivity index (χ2v) is 6.00. The zero-order valence-electron chi connectivity index (χ0n) is 19.0. The van der Waals surface area contributed by atoms with E-state index in [-0.39, 0.29) is 164 Å². The van der Waals surface area contributed by atoms with Crippen molar-refractivity contribution in [2.45, 2.75) is 0 Å². The van der Waals surface area contributed by atoms with Crippen molar-refractivity contribution in [3.8, 4) is 0 Å². The first-order valence-corrected chi connectivity index (χ1v) is 14.7. The Morgan fingerprint density at radius 2 is 0.231 bits per heavy atom. The van der Waals surface area contributed by atoms with Gasteiger partial charge in [0.2, 0.25) is 0 Å². The van der Waals surface area contributed by atoms with Crippen molar-refractivity contribution in [1.82, 2.24) is 0 Å². The average Bonchev–Trinajstić information content (AvgIpc) is 2.30. The molecule has 0 spiro atoms.